The average molecular weight is 219 g/mol. The van der Waals surface area contributed by atoms with Crippen LogP contribution in [0.2, 0.25) is 0 Å². The Morgan fingerprint density at radius 2 is 2.07 bits per heavy atom. The normalized spacial score (nSPS) is 11.5. The van der Waals surface area contributed by atoms with E-state index in [-0.39, 0.29) is 6.54 Å². The maximum atomic E-state index is 11.3. The topological polar surface area (TPSA) is 112 Å². The first-order chi connectivity index (χ1) is 6.47. The number of sulfonamides is 1. The van der Waals surface area contributed by atoms with Gasteiger partial charge in [-0.15, -0.1) is 0 Å². The van der Waals surface area contributed by atoms with E-state index < -0.39 is 26.2 Å². The van der Waals surface area contributed by atoms with Crippen LogP contribution < -0.4 is 16.0 Å². The number of rotatable bonds is 3. The standard InChI is InChI=1S/C6H9N3O4S/c1-2-8-14(12,13)4-3-7-6(11)9-5(4)10/h3,8H,2H2,1H3,(H2,7,9,10,11). The molecule has 0 saturated carbocycles. The van der Waals surface area contributed by atoms with Crippen LogP contribution in [0.1, 0.15) is 6.92 Å². The fourth-order valence-electron chi connectivity index (χ4n) is 0.865. The van der Waals surface area contributed by atoms with Gasteiger partial charge in [-0.05, 0) is 0 Å². The van der Waals surface area contributed by atoms with Crippen molar-refractivity contribution in [2.45, 2.75) is 11.8 Å². The Hall–Kier alpha value is -1.41. The van der Waals surface area contributed by atoms with E-state index in [9.17, 15) is 18.0 Å². The highest BCUT2D eigenvalue weighted by Gasteiger charge is 2.16. The maximum absolute atomic E-state index is 11.3. The van der Waals surface area contributed by atoms with Crippen LogP contribution in [0.5, 0.6) is 0 Å². The number of nitrogens with one attached hydrogen (secondary N) is 3. The molecule has 1 rings (SSSR count). The average Bonchev–Trinajstić information content (AvgIpc) is 2.02. The summed E-state index contributed by atoms with van der Waals surface area (Å²) in [5, 5.41) is 0. The fourth-order valence-corrected chi connectivity index (χ4v) is 1.91. The molecule has 7 nitrogen and oxygen atoms in total. The summed E-state index contributed by atoms with van der Waals surface area (Å²) in [4.78, 5) is 25.1. The van der Waals surface area contributed by atoms with Gasteiger partial charge in [0, 0.05) is 12.7 Å². The molecule has 0 saturated heterocycles. The van der Waals surface area contributed by atoms with Gasteiger partial charge in [-0.25, -0.2) is 17.9 Å². The number of aromatic amines is 2. The summed E-state index contributed by atoms with van der Waals surface area (Å²) in [7, 11) is -3.82. The van der Waals surface area contributed by atoms with E-state index >= 15 is 0 Å². The van der Waals surface area contributed by atoms with Gasteiger partial charge in [-0.1, -0.05) is 6.92 Å². The molecule has 0 radical (unpaired) electrons. The van der Waals surface area contributed by atoms with Crippen LogP contribution in [0.3, 0.4) is 0 Å². The molecular formula is C6H9N3O4S. The van der Waals surface area contributed by atoms with Crippen LogP contribution in [0.25, 0.3) is 0 Å². The third-order valence-corrected chi connectivity index (χ3v) is 2.96. The summed E-state index contributed by atoms with van der Waals surface area (Å²) in [5.41, 5.74) is -1.68. The molecule has 0 aromatic carbocycles. The molecule has 0 fully saturated rings. The van der Waals surface area contributed by atoms with E-state index in [4.69, 9.17) is 0 Å². The fraction of sp³-hybridized carbons (Fsp3) is 0.333. The first-order valence-electron chi connectivity index (χ1n) is 3.79. The molecule has 0 bridgehead atoms. The monoisotopic (exact) mass is 219 g/mol. The predicted molar refractivity (Wildman–Crippen MR) is 48.5 cm³/mol. The van der Waals surface area contributed by atoms with Crippen molar-refractivity contribution in [3.63, 3.8) is 0 Å². The zero-order chi connectivity index (χ0) is 10.8. The lowest BCUT2D eigenvalue weighted by atomic mass is 10.7. The molecule has 0 spiro atoms. The summed E-state index contributed by atoms with van der Waals surface area (Å²) in [5.74, 6) is 0. The summed E-state index contributed by atoms with van der Waals surface area (Å²) in [6.45, 7) is 1.75. The van der Waals surface area contributed by atoms with Gasteiger partial charge < -0.3 is 4.98 Å². The van der Waals surface area contributed by atoms with Gasteiger partial charge in [0.1, 0.15) is 0 Å². The molecule has 14 heavy (non-hydrogen) atoms. The summed E-state index contributed by atoms with van der Waals surface area (Å²) in [6.07, 6.45) is 0.860. The van der Waals surface area contributed by atoms with E-state index in [0.29, 0.717) is 0 Å². The zero-order valence-electron chi connectivity index (χ0n) is 7.33. The van der Waals surface area contributed by atoms with E-state index in [0.717, 1.165) is 6.20 Å². The zero-order valence-corrected chi connectivity index (χ0v) is 8.14. The second-order valence-electron chi connectivity index (χ2n) is 2.44. The Bertz CT molecular complexity index is 526. The molecule has 1 heterocycles. The van der Waals surface area contributed by atoms with Gasteiger partial charge in [0.2, 0.25) is 10.0 Å². The van der Waals surface area contributed by atoms with Crippen LogP contribution >= 0.6 is 0 Å². The minimum Gasteiger partial charge on any atom is -0.313 e. The quantitative estimate of drug-likeness (QED) is 0.566. The Morgan fingerprint density at radius 1 is 1.43 bits per heavy atom. The van der Waals surface area contributed by atoms with Crippen molar-refractivity contribution in [1.82, 2.24) is 14.7 Å². The third-order valence-electron chi connectivity index (χ3n) is 1.41. The Kier molecular flexibility index (Phi) is 2.87. The molecule has 0 unspecified atom stereocenters. The molecular weight excluding hydrogens is 210 g/mol. The van der Waals surface area contributed by atoms with E-state index in [1.165, 1.54) is 0 Å². The predicted octanol–water partition coefficient (Wildman–Crippen LogP) is -1.64. The van der Waals surface area contributed by atoms with Crippen LogP contribution in [0.15, 0.2) is 20.7 Å². The molecule has 3 N–H and O–H groups in total. The largest absolute Gasteiger partial charge is 0.325 e. The van der Waals surface area contributed by atoms with Gasteiger partial charge in [0.05, 0.1) is 0 Å². The summed E-state index contributed by atoms with van der Waals surface area (Å²) >= 11 is 0. The van der Waals surface area contributed by atoms with Crippen molar-refractivity contribution in [3.05, 3.63) is 27.0 Å². The minimum absolute atomic E-state index is 0.168. The van der Waals surface area contributed by atoms with E-state index in [2.05, 4.69) is 9.71 Å². The van der Waals surface area contributed by atoms with Crippen LogP contribution in [0, 0.1) is 0 Å². The summed E-state index contributed by atoms with van der Waals surface area (Å²) < 4.78 is 24.8. The first-order valence-corrected chi connectivity index (χ1v) is 5.27. The van der Waals surface area contributed by atoms with Gasteiger partial charge in [-0.3, -0.25) is 9.78 Å². The van der Waals surface area contributed by atoms with E-state index in [1.54, 1.807) is 6.92 Å². The Labute approximate surface area is 79.2 Å². The van der Waals surface area contributed by atoms with Gasteiger partial charge in [-0.2, -0.15) is 0 Å². The molecule has 1 aromatic heterocycles. The van der Waals surface area contributed by atoms with Crippen molar-refractivity contribution in [2.24, 2.45) is 0 Å². The second-order valence-corrected chi connectivity index (χ2v) is 4.17. The molecule has 0 aliphatic carbocycles. The number of hydrogen-bond acceptors (Lipinski definition) is 4. The Balaban J connectivity index is 3.35. The van der Waals surface area contributed by atoms with Gasteiger partial charge >= 0.3 is 5.69 Å². The highest BCUT2D eigenvalue weighted by atomic mass is 32.2. The molecule has 78 valence electrons. The minimum atomic E-state index is -3.82. The van der Waals surface area contributed by atoms with Crippen molar-refractivity contribution >= 4 is 10.0 Å². The highest BCUT2D eigenvalue weighted by Crippen LogP contribution is 1.96. The number of hydrogen-bond donors (Lipinski definition) is 3. The first kappa shape index (κ1) is 10.7. The smallest absolute Gasteiger partial charge is 0.313 e. The number of aromatic nitrogens is 2. The maximum Gasteiger partial charge on any atom is 0.325 e. The van der Waals surface area contributed by atoms with Crippen molar-refractivity contribution in [3.8, 4) is 0 Å². The highest BCUT2D eigenvalue weighted by molar-refractivity contribution is 7.89. The molecule has 0 amide bonds. The third kappa shape index (κ3) is 2.09. The molecule has 0 atom stereocenters. The lowest BCUT2D eigenvalue weighted by Gasteiger charge is -2.01. The number of H-pyrrole nitrogens is 2. The van der Waals surface area contributed by atoms with Crippen molar-refractivity contribution < 1.29 is 8.42 Å². The Morgan fingerprint density at radius 3 is 2.57 bits per heavy atom. The molecule has 8 heteroatoms. The second kappa shape index (κ2) is 3.76. The molecule has 0 aliphatic rings. The van der Waals surface area contributed by atoms with Gasteiger partial charge in [0.15, 0.2) is 4.90 Å². The van der Waals surface area contributed by atoms with Crippen molar-refractivity contribution in [2.75, 3.05) is 6.54 Å². The van der Waals surface area contributed by atoms with Crippen molar-refractivity contribution in [1.29, 1.82) is 0 Å². The van der Waals surface area contributed by atoms with Crippen LogP contribution in [-0.2, 0) is 10.0 Å². The van der Waals surface area contributed by atoms with E-state index in [1.807, 2.05) is 4.98 Å². The molecule has 0 aliphatic heterocycles. The lowest BCUT2D eigenvalue weighted by Crippen LogP contribution is -2.32. The molecule has 1 aromatic rings. The lowest BCUT2D eigenvalue weighted by molar-refractivity contribution is 0.581. The summed E-state index contributed by atoms with van der Waals surface area (Å²) in [6, 6.07) is 0. The SMILES string of the molecule is CCNS(=O)(=O)c1c[nH]c(=O)[nH]c1=O. The van der Waals surface area contributed by atoms with Crippen LogP contribution in [0.4, 0.5) is 0 Å². The van der Waals surface area contributed by atoms with Crippen LogP contribution in [-0.4, -0.2) is 24.9 Å². The van der Waals surface area contributed by atoms with Gasteiger partial charge in [0.25, 0.3) is 5.56 Å².